The molecule has 0 fully saturated rings. The summed E-state index contributed by atoms with van der Waals surface area (Å²) < 4.78 is 1.87. The van der Waals surface area contributed by atoms with E-state index in [9.17, 15) is 0 Å². The zero-order valence-corrected chi connectivity index (χ0v) is 9.59. The van der Waals surface area contributed by atoms with Crippen LogP contribution in [0, 0.1) is 22.7 Å². The van der Waals surface area contributed by atoms with Crippen molar-refractivity contribution in [3.8, 4) is 12.1 Å². The molecule has 0 bridgehead atoms. The van der Waals surface area contributed by atoms with Crippen LogP contribution in [0.2, 0.25) is 0 Å². The fourth-order valence-electron chi connectivity index (χ4n) is 1.97. The minimum atomic E-state index is -0.259. The third-order valence-corrected chi connectivity index (χ3v) is 2.75. The standard InChI is InChI=1S/C13H12N4/c1-2-10(9-15)17-12-6-4-3-5-11(12)16-13(17)7-8-14/h3-6,10H,2,7H2,1H3. The average molecular weight is 224 g/mol. The summed E-state index contributed by atoms with van der Waals surface area (Å²) in [6.45, 7) is 1.96. The summed E-state index contributed by atoms with van der Waals surface area (Å²) in [5.41, 5.74) is 1.76. The zero-order chi connectivity index (χ0) is 12.3. The number of nitriles is 2. The van der Waals surface area contributed by atoms with E-state index in [1.54, 1.807) is 0 Å². The molecule has 0 amide bonds. The summed E-state index contributed by atoms with van der Waals surface area (Å²) in [4.78, 5) is 4.41. The van der Waals surface area contributed by atoms with Crippen LogP contribution in [0.3, 0.4) is 0 Å². The highest BCUT2D eigenvalue weighted by atomic mass is 15.1. The van der Waals surface area contributed by atoms with Crippen LogP contribution in [0.25, 0.3) is 11.0 Å². The lowest BCUT2D eigenvalue weighted by molar-refractivity contribution is 0.591. The Kier molecular flexibility index (Phi) is 3.07. The molecule has 2 rings (SSSR count). The van der Waals surface area contributed by atoms with Crippen molar-refractivity contribution < 1.29 is 0 Å². The Morgan fingerprint density at radius 1 is 1.35 bits per heavy atom. The fraction of sp³-hybridized carbons (Fsp3) is 0.308. The average Bonchev–Trinajstić information content (AvgIpc) is 2.71. The second-order valence-corrected chi connectivity index (χ2v) is 3.77. The van der Waals surface area contributed by atoms with Crippen LogP contribution in [0.5, 0.6) is 0 Å². The quantitative estimate of drug-likeness (QED) is 0.804. The first-order valence-electron chi connectivity index (χ1n) is 5.54. The number of hydrogen-bond acceptors (Lipinski definition) is 3. The van der Waals surface area contributed by atoms with Crippen molar-refractivity contribution in [1.82, 2.24) is 9.55 Å². The Morgan fingerprint density at radius 2 is 2.12 bits per heavy atom. The predicted octanol–water partition coefficient (Wildman–Crippen LogP) is 2.58. The second kappa shape index (κ2) is 4.67. The van der Waals surface area contributed by atoms with Crippen LogP contribution in [0.15, 0.2) is 24.3 Å². The molecule has 0 aliphatic heterocycles. The maximum Gasteiger partial charge on any atom is 0.125 e. The van der Waals surface area contributed by atoms with E-state index in [0.29, 0.717) is 12.2 Å². The lowest BCUT2D eigenvalue weighted by Crippen LogP contribution is -2.09. The van der Waals surface area contributed by atoms with Crippen LogP contribution in [0.1, 0.15) is 25.2 Å². The number of nitrogens with zero attached hydrogens (tertiary/aromatic N) is 4. The van der Waals surface area contributed by atoms with Gasteiger partial charge in [-0.05, 0) is 18.6 Å². The molecular weight excluding hydrogens is 212 g/mol. The van der Waals surface area contributed by atoms with Gasteiger partial charge in [0.15, 0.2) is 0 Å². The first-order valence-corrected chi connectivity index (χ1v) is 5.54. The third-order valence-electron chi connectivity index (χ3n) is 2.75. The molecule has 0 spiro atoms. The maximum absolute atomic E-state index is 9.17. The zero-order valence-electron chi connectivity index (χ0n) is 9.59. The molecule has 4 nitrogen and oxygen atoms in total. The van der Waals surface area contributed by atoms with Gasteiger partial charge in [-0.3, -0.25) is 0 Å². The number of para-hydroxylation sites is 2. The molecule has 4 heteroatoms. The van der Waals surface area contributed by atoms with Crippen LogP contribution < -0.4 is 0 Å². The summed E-state index contributed by atoms with van der Waals surface area (Å²) in [5, 5.41) is 18.0. The van der Waals surface area contributed by atoms with Gasteiger partial charge in [-0.15, -0.1) is 0 Å². The van der Waals surface area contributed by atoms with E-state index in [0.717, 1.165) is 11.0 Å². The van der Waals surface area contributed by atoms with E-state index in [4.69, 9.17) is 10.5 Å². The van der Waals surface area contributed by atoms with Crippen LogP contribution in [0.4, 0.5) is 0 Å². The van der Waals surface area contributed by atoms with Gasteiger partial charge in [0.05, 0.1) is 29.6 Å². The first-order chi connectivity index (χ1) is 8.31. The lowest BCUT2D eigenvalue weighted by Gasteiger charge is -2.11. The molecule has 1 heterocycles. The van der Waals surface area contributed by atoms with Crippen molar-refractivity contribution in [2.45, 2.75) is 25.8 Å². The minimum Gasteiger partial charge on any atom is -0.310 e. The van der Waals surface area contributed by atoms with Gasteiger partial charge >= 0.3 is 0 Å². The number of aromatic nitrogens is 2. The van der Waals surface area contributed by atoms with Gasteiger partial charge < -0.3 is 4.57 Å². The maximum atomic E-state index is 9.17. The highest BCUT2D eigenvalue weighted by Gasteiger charge is 2.16. The van der Waals surface area contributed by atoms with Gasteiger partial charge in [-0.1, -0.05) is 19.1 Å². The molecule has 1 atom stereocenters. The number of fused-ring (bicyclic) bond motifs is 1. The Hall–Kier alpha value is -2.33. The summed E-state index contributed by atoms with van der Waals surface area (Å²) >= 11 is 0. The van der Waals surface area contributed by atoms with Crippen molar-refractivity contribution >= 4 is 11.0 Å². The molecule has 1 unspecified atom stereocenters. The normalized spacial score (nSPS) is 11.9. The van der Waals surface area contributed by atoms with E-state index in [-0.39, 0.29) is 12.5 Å². The smallest absolute Gasteiger partial charge is 0.125 e. The molecule has 17 heavy (non-hydrogen) atoms. The topological polar surface area (TPSA) is 65.4 Å². The van der Waals surface area contributed by atoms with Gasteiger partial charge in [0.1, 0.15) is 11.9 Å². The number of rotatable bonds is 3. The summed E-state index contributed by atoms with van der Waals surface area (Å²) in [6, 6.07) is 11.8. The van der Waals surface area contributed by atoms with Crippen molar-refractivity contribution in [2.24, 2.45) is 0 Å². The molecule has 84 valence electrons. The SMILES string of the molecule is CCC(C#N)n1c(CC#N)nc2ccccc21. The molecule has 2 aromatic rings. The molecule has 0 N–H and O–H groups in total. The van der Waals surface area contributed by atoms with Crippen LogP contribution in [-0.4, -0.2) is 9.55 Å². The van der Waals surface area contributed by atoms with Crippen molar-refractivity contribution in [1.29, 1.82) is 10.5 Å². The van der Waals surface area contributed by atoms with Gasteiger partial charge in [0.25, 0.3) is 0 Å². The van der Waals surface area contributed by atoms with Crippen LogP contribution in [-0.2, 0) is 6.42 Å². The molecule has 0 saturated heterocycles. The highest BCUT2D eigenvalue weighted by molar-refractivity contribution is 5.76. The monoisotopic (exact) mass is 224 g/mol. The van der Waals surface area contributed by atoms with Gasteiger partial charge in [-0.25, -0.2) is 4.98 Å². The molecule has 0 aliphatic rings. The highest BCUT2D eigenvalue weighted by Crippen LogP contribution is 2.22. The van der Waals surface area contributed by atoms with E-state index in [1.807, 2.05) is 35.8 Å². The molecule has 1 aromatic heterocycles. The van der Waals surface area contributed by atoms with E-state index < -0.39 is 0 Å². The van der Waals surface area contributed by atoms with Crippen molar-refractivity contribution in [2.75, 3.05) is 0 Å². The van der Waals surface area contributed by atoms with E-state index in [2.05, 4.69) is 17.1 Å². The van der Waals surface area contributed by atoms with Crippen molar-refractivity contribution in [3.63, 3.8) is 0 Å². The van der Waals surface area contributed by atoms with E-state index >= 15 is 0 Å². The fourth-order valence-corrected chi connectivity index (χ4v) is 1.97. The third kappa shape index (κ3) is 1.86. The predicted molar refractivity (Wildman–Crippen MR) is 64.0 cm³/mol. The number of benzene rings is 1. The second-order valence-electron chi connectivity index (χ2n) is 3.77. The summed E-state index contributed by atoms with van der Waals surface area (Å²) in [7, 11) is 0. The molecule has 1 aromatic carbocycles. The summed E-state index contributed by atoms with van der Waals surface area (Å²) in [6.07, 6.45) is 0.933. The Balaban J connectivity index is 2.69. The molecule has 0 saturated carbocycles. The summed E-state index contributed by atoms with van der Waals surface area (Å²) in [5.74, 6) is 0.669. The molecule has 0 aliphatic carbocycles. The Bertz CT molecular complexity index is 612. The van der Waals surface area contributed by atoms with Crippen molar-refractivity contribution in [3.05, 3.63) is 30.1 Å². The van der Waals surface area contributed by atoms with Gasteiger partial charge in [0, 0.05) is 0 Å². The number of imidazole rings is 1. The molecular formula is C13H12N4. The molecule has 0 radical (unpaired) electrons. The Morgan fingerprint density at radius 3 is 2.76 bits per heavy atom. The van der Waals surface area contributed by atoms with Crippen LogP contribution >= 0.6 is 0 Å². The Labute approximate surface area is 99.7 Å². The minimum absolute atomic E-state index is 0.229. The largest absolute Gasteiger partial charge is 0.310 e. The lowest BCUT2D eigenvalue weighted by atomic mass is 10.2. The first kappa shape index (κ1) is 11.2. The van der Waals surface area contributed by atoms with Gasteiger partial charge in [-0.2, -0.15) is 10.5 Å². The van der Waals surface area contributed by atoms with Gasteiger partial charge in [0.2, 0.25) is 0 Å². The number of hydrogen-bond donors (Lipinski definition) is 0. The van der Waals surface area contributed by atoms with E-state index in [1.165, 1.54) is 0 Å².